The Morgan fingerprint density at radius 3 is 2.12 bits per heavy atom. The molecule has 0 saturated carbocycles. The van der Waals surface area contributed by atoms with E-state index in [1.54, 1.807) is 23.1 Å². The first-order valence-corrected chi connectivity index (χ1v) is 12.8. The molecule has 0 N–H and O–H groups in total. The van der Waals surface area contributed by atoms with E-state index in [0.717, 1.165) is 10.9 Å². The van der Waals surface area contributed by atoms with Crippen molar-refractivity contribution in [2.75, 3.05) is 0 Å². The van der Waals surface area contributed by atoms with Gasteiger partial charge in [0.25, 0.3) is 0 Å². The lowest BCUT2D eigenvalue weighted by Crippen LogP contribution is -2.00. The van der Waals surface area contributed by atoms with E-state index in [9.17, 15) is 4.79 Å². The number of hydrogen-bond acceptors (Lipinski definition) is 3. The van der Waals surface area contributed by atoms with Gasteiger partial charge in [-0.1, -0.05) is 90.6 Å². The predicted octanol–water partition coefficient (Wildman–Crippen LogP) is 9.10. The van der Waals surface area contributed by atoms with Crippen LogP contribution in [0.4, 0.5) is 0 Å². The van der Waals surface area contributed by atoms with E-state index in [1.165, 1.54) is 35.7 Å². The number of hydrogen-bond donors (Lipinski definition) is 0. The van der Waals surface area contributed by atoms with Gasteiger partial charge in [-0.25, -0.2) is 0 Å². The van der Waals surface area contributed by atoms with E-state index in [4.69, 9.17) is 0 Å². The molecule has 0 unspecified atom stereocenters. The van der Waals surface area contributed by atoms with Crippen molar-refractivity contribution in [2.45, 2.75) is 9.79 Å². The summed E-state index contributed by atoms with van der Waals surface area (Å²) in [4.78, 5) is 15.6. The first-order chi connectivity index (χ1) is 16.8. The van der Waals surface area contributed by atoms with Crippen molar-refractivity contribution in [3.05, 3.63) is 132 Å². The molecular formula is C31H20OS2. The highest BCUT2D eigenvalue weighted by Gasteiger charge is 2.16. The van der Waals surface area contributed by atoms with Crippen molar-refractivity contribution >= 4 is 49.1 Å². The van der Waals surface area contributed by atoms with E-state index in [1.807, 2.05) is 42.5 Å². The zero-order chi connectivity index (χ0) is 22.9. The maximum atomic E-state index is 13.2. The van der Waals surface area contributed by atoms with Crippen LogP contribution in [-0.4, -0.2) is 5.78 Å². The molecule has 5 aromatic carbocycles. The fraction of sp³-hybridized carbons (Fsp3) is 0. The molecule has 0 atom stereocenters. The van der Waals surface area contributed by atoms with Crippen LogP contribution in [0.25, 0.3) is 31.3 Å². The van der Waals surface area contributed by atoms with Crippen LogP contribution in [0.15, 0.2) is 131 Å². The SMILES string of the molecule is O=C(c1ccccc1)c1ccc2sc3cccc(-c4ccccc4Sc4ccccc4)c3c2c1. The molecule has 0 aliphatic heterocycles. The lowest BCUT2D eigenvalue weighted by atomic mass is 9.97. The van der Waals surface area contributed by atoms with E-state index in [-0.39, 0.29) is 5.78 Å². The molecule has 0 aliphatic rings. The number of thiophene rings is 1. The Morgan fingerprint density at radius 1 is 0.588 bits per heavy atom. The third kappa shape index (κ3) is 3.83. The van der Waals surface area contributed by atoms with Crippen LogP contribution in [0.1, 0.15) is 15.9 Å². The average molecular weight is 473 g/mol. The quantitative estimate of drug-likeness (QED) is 0.233. The van der Waals surface area contributed by atoms with E-state index < -0.39 is 0 Å². The van der Waals surface area contributed by atoms with Gasteiger partial charge < -0.3 is 0 Å². The summed E-state index contributed by atoms with van der Waals surface area (Å²) >= 11 is 3.56. The van der Waals surface area contributed by atoms with E-state index in [2.05, 4.69) is 78.9 Å². The average Bonchev–Trinajstić information content (AvgIpc) is 3.28. The van der Waals surface area contributed by atoms with Crippen molar-refractivity contribution in [3.63, 3.8) is 0 Å². The summed E-state index contributed by atoms with van der Waals surface area (Å²) in [7, 11) is 0. The summed E-state index contributed by atoms with van der Waals surface area (Å²) in [5.41, 5.74) is 3.85. The van der Waals surface area contributed by atoms with Crippen LogP contribution >= 0.6 is 23.1 Å². The van der Waals surface area contributed by atoms with Gasteiger partial charge in [0.15, 0.2) is 5.78 Å². The van der Waals surface area contributed by atoms with E-state index >= 15 is 0 Å². The molecule has 1 nitrogen and oxygen atoms in total. The molecule has 34 heavy (non-hydrogen) atoms. The summed E-state index contributed by atoms with van der Waals surface area (Å²) in [5, 5.41) is 2.35. The number of carbonyl (C=O) groups is 1. The van der Waals surface area contributed by atoms with Crippen LogP contribution < -0.4 is 0 Å². The summed E-state index contributed by atoms with van der Waals surface area (Å²) in [6.45, 7) is 0. The Hall–Kier alpha value is -3.66. The maximum Gasteiger partial charge on any atom is 0.193 e. The minimum atomic E-state index is 0.0550. The summed E-state index contributed by atoms with van der Waals surface area (Å²) in [6.07, 6.45) is 0. The molecule has 0 radical (unpaired) electrons. The number of rotatable bonds is 5. The van der Waals surface area contributed by atoms with Crippen LogP contribution in [0, 0.1) is 0 Å². The van der Waals surface area contributed by atoms with Gasteiger partial charge >= 0.3 is 0 Å². The van der Waals surface area contributed by atoms with Crippen molar-refractivity contribution in [2.24, 2.45) is 0 Å². The first kappa shape index (κ1) is 20.9. The van der Waals surface area contributed by atoms with Gasteiger partial charge in [-0.05, 0) is 53.6 Å². The summed E-state index contributed by atoms with van der Waals surface area (Å²) < 4.78 is 2.43. The van der Waals surface area contributed by atoms with Gasteiger partial charge in [-0.15, -0.1) is 11.3 Å². The highest BCUT2D eigenvalue weighted by Crippen LogP contribution is 2.44. The third-order valence-electron chi connectivity index (χ3n) is 5.94. The molecule has 0 amide bonds. The van der Waals surface area contributed by atoms with Gasteiger partial charge in [0, 0.05) is 41.1 Å². The summed E-state index contributed by atoms with van der Waals surface area (Å²) in [5.74, 6) is 0.0550. The number of fused-ring (bicyclic) bond motifs is 3. The van der Waals surface area contributed by atoms with Crippen LogP contribution in [0.3, 0.4) is 0 Å². The van der Waals surface area contributed by atoms with Gasteiger partial charge in [0.2, 0.25) is 0 Å². The molecule has 0 bridgehead atoms. The van der Waals surface area contributed by atoms with Gasteiger partial charge in [0.1, 0.15) is 0 Å². The maximum absolute atomic E-state index is 13.2. The van der Waals surface area contributed by atoms with Crippen LogP contribution in [0.2, 0.25) is 0 Å². The minimum absolute atomic E-state index is 0.0550. The molecule has 6 rings (SSSR count). The molecule has 1 aromatic heterocycles. The second-order valence-corrected chi connectivity index (χ2v) is 10.3. The van der Waals surface area contributed by atoms with Crippen molar-refractivity contribution in [1.29, 1.82) is 0 Å². The normalized spacial score (nSPS) is 11.2. The smallest absolute Gasteiger partial charge is 0.193 e. The van der Waals surface area contributed by atoms with Gasteiger partial charge in [-0.3, -0.25) is 4.79 Å². The molecule has 1 heterocycles. The first-order valence-electron chi connectivity index (χ1n) is 11.2. The van der Waals surface area contributed by atoms with Crippen LogP contribution in [-0.2, 0) is 0 Å². The minimum Gasteiger partial charge on any atom is -0.289 e. The van der Waals surface area contributed by atoms with Gasteiger partial charge in [0.05, 0.1) is 0 Å². The Balaban J connectivity index is 1.52. The second-order valence-electron chi connectivity index (χ2n) is 8.10. The topological polar surface area (TPSA) is 17.1 Å². The van der Waals surface area contributed by atoms with Crippen molar-refractivity contribution < 1.29 is 4.79 Å². The molecule has 6 aromatic rings. The molecule has 0 saturated heterocycles. The highest BCUT2D eigenvalue weighted by molar-refractivity contribution is 7.99. The summed E-state index contributed by atoms with van der Waals surface area (Å²) in [6, 6.07) is 41.2. The molecule has 162 valence electrons. The van der Waals surface area contributed by atoms with E-state index in [0.29, 0.717) is 5.56 Å². The number of benzene rings is 5. The lowest BCUT2D eigenvalue weighted by Gasteiger charge is -2.11. The largest absolute Gasteiger partial charge is 0.289 e. The molecule has 0 aliphatic carbocycles. The highest BCUT2D eigenvalue weighted by atomic mass is 32.2. The van der Waals surface area contributed by atoms with Crippen molar-refractivity contribution in [1.82, 2.24) is 0 Å². The monoisotopic (exact) mass is 472 g/mol. The molecular weight excluding hydrogens is 452 g/mol. The Morgan fingerprint density at radius 2 is 1.29 bits per heavy atom. The molecule has 3 heteroatoms. The predicted molar refractivity (Wildman–Crippen MR) is 145 cm³/mol. The zero-order valence-corrected chi connectivity index (χ0v) is 19.9. The number of ketones is 1. The third-order valence-corrected chi connectivity index (χ3v) is 8.16. The molecule has 0 fully saturated rings. The zero-order valence-electron chi connectivity index (χ0n) is 18.3. The number of carbonyl (C=O) groups excluding carboxylic acids is 1. The Bertz CT molecular complexity index is 1630. The van der Waals surface area contributed by atoms with Crippen molar-refractivity contribution in [3.8, 4) is 11.1 Å². The van der Waals surface area contributed by atoms with Crippen LogP contribution in [0.5, 0.6) is 0 Å². The Labute approximate surface area is 206 Å². The molecule has 0 spiro atoms. The fourth-order valence-corrected chi connectivity index (χ4v) is 6.44. The lowest BCUT2D eigenvalue weighted by molar-refractivity contribution is 0.103. The standard InChI is InChI=1S/C31H20OS2/c32-31(21-10-3-1-4-11-21)22-18-19-28-26(20-22)30-25(15-9-17-29(30)34-28)24-14-7-8-16-27(24)33-23-12-5-2-6-13-23/h1-20H. The Kier molecular flexibility index (Phi) is 5.50. The fourth-order valence-electron chi connectivity index (χ4n) is 4.34. The van der Waals surface area contributed by atoms with Gasteiger partial charge in [-0.2, -0.15) is 0 Å². The second kappa shape index (κ2) is 8.94.